The van der Waals surface area contributed by atoms with Gasteiger partial charge in [-0.3, -0.25) is 4.99 Å². The highest BCUT2D eigenvalue weighted by Gasteiger charge is 2.12. The summed E-state index contributed by atoms with van der Waals surface area (Å²) < 4.78 is 5.42. The highest BCUT2D eigenvalue weighted by molar-refractivity contribution is 14.0. The second-order valence-electron chi connectivity index (χ2n) is 4.71. The SMILES string of the molecule is CCCCOCCN=C(N)NC1CCCCC1.I. The Morgan fingerprint density at radius 3 is 2.67 bits per heavy atom. The molecular weight excluding hydrogens is 341 g/mol. The molecule has 0 radical (unpaired) electrons. The Kier molecular flexibility index (Phi) is 12.0. The van der Waals surface area contributed by atoms with Crippen molar-refractivity contribution in [3.63, 3.8) is 0 Å². The molecule has 0 bridgehead atoms. The fourth-order valence-corrected chi connectivity index (χ4v) is 2.08. The molecule has 0 aromatic carbocycles. The minimum Gasteiger partial charge on any atom is -0.380 e. The van der Waals surface area contributed by atoms with Gasteiger partial charge >= 0.3 is 0 Å². The Morgan fingerprint density at radius 1 is 1.28 bits per heavy atom. The number of unbranched alkanes of at least 4 members (excludes halogenated alkanes) is 1. The number of nitrogens with one attached hydrogen (secondary N) is 1. The number of nitrogens with two attached hydrogens (primary N) is 1. The molecule has 3 N–H and O–H groups in total. The lowest BCUT2D eigenvalue weighted by molar-refractivity contribution is 0.139. The van der Waals surface area contributed by atoms with Crippen molar-refractivity contribution in [3.8, 4) is 0 Å². The lowest BCUT2D eigenvalue weighted by Gasteiger charge is -2.23. The molecule has 108 valence electrons. The largest absolute Gasteiger partial charge is 0.380 e. The van der Waals surface area contributed by atoms with E-state index < -0.39 is 0 Å². The van der Waals surface area contributed by atoms with Crippen LogP contribution in [0.2, 0.25) is 0 Å². The molecular formula is C13H28IN3O. The molecule has 5 heteroatoms. The highest BCUT2D eigenvalue weighted by atomic mass is 127. The Morgan fingerprint density at radius 2 is 2.00 bits per heavy atom. The summed E-state index contributed by atoms with van der Waals surface area (Å²) in [6.07, 6.45) is 8.73. The average molecular weight is 369 g/mol. The topological polar surface area (TPSA) is 59.6 Å². The fraction of sp³-hybridized carbons (Fsp3) is 0.923. The van der Waals surface area contributed by atoms with Gasteiger partial charge in [-0.2, -0.15) is 0 Å². The van der Waals surface area contributed by atoms with E-state index >= 15 is 0 Å². The number of guanidine groups is 1. The van der Waals surface area contributed by atoms with Crippen LogP contribution < -0.4 is 11.1 Å². The van der Waals surface area contributed by atoms with Gasteiger partial charge in [-0.25, -0.2) is 0 Å². The average Bonchev–Trinajstić information content (AvgIpc) is 2.35. The maximum absolute atomic E-state index is 5.83. The van der Waals surface area contributed by atoms with Crippen molar-refractivity contribution in [1.29, 1.82) is 0 Å². The van der Waals surface area contributed by atoms with E-state index in [0.29, 0.717) is 25.2 Å². The van der Waals surface area contributed by atoms with Gasteiger partial charge in [0.15, 0.2) is 5.96 Å². The molecule has 0 heterocycles. The first-order chi connectivity index (χ1) is 8.33. The van der Waals surface area contributed by atoms with Crippen LogP contribution in [0.3, 0.4) is 0 Å². The molecule has 1 aliphatic carbocycles. The van der Waals surface area contributed by atoms with E-state index in [1.54, 1.807) is 0 Å². The summed E-state index contributed by atoms with van der Waals surface area (Å²) in [4.78, 5) is 4.27. The van der Waals surface area contributed by atoms with Crippen molar-refractivity contribution in [2.75, 3.05) is 19.8 Å². The number of hydrogen-bond acceptors (Lipinski definition) is 2. The van der Waals surface area contributed by atoms with Gasteiger partial charge in [0.2, 0.25) is 0 Å². The minimum absolute atomic E-state index is 0. The van der Waals surface area contributed by atoms with E-state index in [1.807, 2.05) is 0 Å². The van der Waals surface area contributed by atoms with Gasteiger partial charge in [0, 0.05) is 12.6 Å². The summed E-state index contributed by atoms with van der Waals surface area (Å²) in [6, 6.07) is 0.536. The summed E-state index contributed by atoms with van der Waals surface area (Å²) in [6.45, 7) is 4.33. The third-order valence-corrected chi connectivity index (χ3v) is 3.12. The molecule has 0 spiro atoms. The summed E-state index contributed by atoms with van der Waals surface area (Å²) in [7, 11) is 0. The Hall–Kier alpha value is -0.0400. The number of ether oxygens (including phenoxy) is 1. The van der Waals surface area contributed by atoms with Crippen LogP contribution in [0, 0.1) is 0 Å². The van der Waals surface area contributed by atoms with Crippen LogP contribution in [-0.2, 0) is 4.74 Å². The predicted molar refractivity (Wildman–Crippen MR) is 87.6 cm³/mol. The molecule has 0 unspecified atom stereocenters. The van der Waals surface area contributed by atoms with Crippen molar-refractivity contribution in [3.05, 3.63) is 0 Å². The quantitative estimate of drug-likeness (QED) is 0.314. The smallest absolute Gasteiger partial charge is 0.188 e. The monoisotopic (exact) mass is 369 g/mol. The van der Waals surface area contributed by atoms with Gasteiger partial charge in [0.05, 0.1) is 13.2 Å². The second kappa shape index (κ2) is 12.0. The first-order valence-corrected chi connectivity index (χ1v) is 6.97. The number of rotatable bonds is 7. The fourth-order valence-electron chi connectivity index (χ4n) is 2.08. The van der Waals surface area contributed by atoms with E-state index in [4.69, 9.17) is 10.5 Å². The molecule has 1 saturated carbocycles. The highest BCUT2D eigenvalue weighted by Crippen LogP contribution is 2.16. The van der Waals surface area contributed by atoms with Gasteiger partial charge in [-0.05, 0) is 19.3 Å². The number of hydrogen-bond donors (Lipinski definition) is 2. The van der Waals surface area contributed by atoms with Crippen LogP contribution in [0.25, 0.3) is 0 Å². The molecule has 0 atom stereocenters. The summed E-state index contributed by atoms with van der Waals surface area (Å²) in [5.41, 5.74) is 5.83. The van der Waals surface area contributed by atoms with Crippen LogP contribution in [0.15, 0.2) is 4.99 Å². The van der Waals surface area contributed by atoms with Crippen LogP contribution in [-0.4, -0.2) is 31.8 Å². The van der Waals surface area contributed by atoms with Crippen LogP contribution in [0.1, 0.15) is 51.9 Å². The maximum atomic E-state index is 5.83. The zero-order valence-corrected chi connectivity index (χ0v) is 13.8. The van der Waals surface area contributed by atoms with Crippen molar-refractivity contribution < 1.29 is 4.74 Å². The van der Waals surface area contributed by atoms with Gasteiger partial charge in [0.1, 0.15) is 0 Å². The van der Waals surface area contributed by atoms with E-state index in [2.05, 4.69) is 17.2 Å². The zero-order chi connectivity index (χ0) is 12.3. The standard InChI is InChI=1S/C13H27N3O.HI/c1-2-3-10-17-11-9-15-13(14)16-12-7-5-4-6-8-12;/h12H,2-11H2,1H3,(H3,14,15,16);1H. The number of aliphatic imine (C=N–C) groups is 1. The van der Waals surface area contributed by atoms with Gasteiger partial charge in [-0.1, -0.05) is 32.6 Å². The third kappa shape index (κ3) is 8.97. The van der Waals surface area contributed by atoms with Crippen molar-refractivity contribution >= 4 is 29.9 Å². The normalized spacial score (nSPS) is 17.3. The van der Waals surface area contributed by atoms with Crippen LogP contribution in [0.4, 0.5) is 0 Å². The van der Waals surface area contributed by atoms with Crippen LogP contribution >= 0.6 is 24.0 Å². The van der Waals surface area contributed by atoms with Gasteiger partial charge < -0.3 is 15.8 Å². The number of nitrogens with zero attached hydrogens (tertiary/aromatic N) is 1. The van der Waals surface area contributed by atoms with Crippen LogP contribution in [0.5, 0.6) is 0 Å². The summed E-state index contributed by atoms with van der Waals surface area (Å²) in [5.74, 6) is 0.580. The Balaban J connectivity index is 0.00000289. The van der Waals surface area contributed by atoms with Crippen molar-refractivity contribution in [2.45, 2.75) is 57.9 Å². The maximum Gasteiger partial charge on any atom is 0.188 e. The molecule has 1 fully saturated rings. The van der Waals surface area contributed by atoms with Crippen molar-refractivity contribution in [2.24, 2.45) is 10.7 Å². The third-order valence-electron chi connectivity index (χ3n) is 3.12. The second-order valence-corrected chi connectivity index (χ2v) is 4.71. The Labute approximate surface area is 128 Å². The molecule has 0 aromatic heterocycles. The molecule has 1 aliphatic rings. The van der Waals surface area contributed by atoms with E-state index in [0.717, 1.165) is 13.0 Å². The molecule has 18 heavy (non-hydrogen) atoms. The van der Waals surface area contributed by atoms with E-state index in [9.17, 15) is 0 Å². The van der Waals surface area contributed by atoms with E-state index in [1.165, 1.54) is 38.5 Å². The first-order valence-electron chi connectivity index (χ1n) is 6.97. The van der Waals surface area contributed by atoms with Crippen molar-refractivity contribution in [1.82, 2.24) is 5.32 Å². The molecule has 0 aromatic rings. The predicted octanol–water partition coefficient (Wildman–Crippen LogP) is 2.66. The molecule has 0 amide bonds. The van der Waals surface area contributed by atoms with E-state index in [-0.39, 0.29) is 24.0 Å². The Bertz CT molecular complexity index is 218. The lowest BCUT2D eigenvalue weighted by Crippen LogP contribution is -2.41. The van der Waals surface area contributed by atoms with Gasteiger partial charge in [0.25, 0.3) is 0 Å². The lowest BCUT2D eigenvalue weighted by atomic mass is 9.96. The molecule has 4 nitrogen and oxygen atoms in total. The minimum atomic E-state index is 0. The zero-order valence-electron chi connectivity index (χ0n) is 11.5. The number of halogens is 1. The molecule has 1 rings (SSSR count). The molecule has 0 saturated heterocycles. The summed E-state index contributed by atoms with van der Waals surface area (Å²) in [5, 5.41) is 3.29. The summed E-state index contributed by atoms with van der Waals surface area (Å²) >= 11 is 0. The molecule has 0 aliphatic heterocycles. The first kappa shape index (κ1) is 18.0. The van der Waals surface area contributed by atoms with Gasteiger partial charge in [-0.15, -0.1) is 24.0 Å².